The van der Waals surface area contributed by atoms with Crippen molar-refractivity contribution >= 4 is 23.4 Å². The molecule has 1 N–H and O–H groups in total. The first-order valence-electron chi connectivity index (χ1n) is 5.51. The van der Waals surface area contributed by atoms with E-state index in [1.807, 2.05) is 26.0 Å². The standard InChI is InChI=1S/C13H18N2OS/c1-10(2)14-15-13(16)9-17-8-12-7-5-4-6-11(12)3/h4-7H,8-9H2,1-3H3,(H,15,16). The van der Waals surface area contributed by atoms with Crippen molar-refractivity contribution < 1.29 is 4.79 Å². The van der Waals surface area contributed by atoms with Crippen molar-refractivity contribution in [1.29, 1.82) is 0 Å². The van der Waals surface area contributed by atoms with E-state index in [-0.39, 0.29) is 5.91 Å². The lowest BCUT2D eigenvalue weighted by molar-refractivity contribution is -0.118. The first-order valence-corrected chi connectivity index (χ1v) is 6.67. The van der Waals surface area contributed by atoms with Gasteiger partial charge in [-0.25, -0.2) is 5.43 Å². The fourth-order valence-electron chi connectivity index (χ4n) is 1.23. The first kappa shape index (κ1) is 13.8. The van der Waals surface area contributed by atoms with Gasteiger partial charge < -0.3 is 0 Å². The average Bonchev–Trinajstić information content (AvgIpc) is 2.29. The van der Waals surface area contributed by atoms with Crippen molar-refractivity contribution in [3.05, 3.63) is 35.4 Å². The Labute approximate surface area is 107 Å². The summed E-state index contributed by atoms with van der Waals surface area (Å²) >= 11 is 1.60. The van der Waals surface area contributed by atoms with E-state index in [1.165, 1.54) is 11.1 Å². The smallest absolute Gasteiger partial charge is 0.250 e. The fourth-order valence-corrected chi connectivity index (χ4v) is 2.13. The number of hydrogen-bond acceptors (Lipinski definition) is 3. The Kier molecular flexibility index (Phi) is 5.77. The highest BCUT2D eigenvalue weighted by Crippen LogP contribution is 2.15. The Morgan fingerprint density at radius 3 is 2.71 bits per heavy atom. The Hall–Kier alpha value is -1.29. The zero-order valence-electron chi connectivity index (χ0n) is 10.5. The summed E-state index contributed by atoms with van der Waals surface area (Å²) in [7, 11) is 0. The van der Waals surface area contributed by atoms with E-state index >= 15 is 0 Å². The van der Waals surface area contributed by atoms with Crippen molar-refractivity contribution in [1.82, 2.24) is 5.43 Å². The van der Waals surface area contributed by atoms with Crippen LogP contribution in [0.5, 0.6) is 0 Å². The molecule has 1 aromatic rings. The van der Waals surface area contributed by atoms with Crippen molar-refractivity contribution in [2.24, 2.45) is 5.10 Å². The summed E-state index contributed by atoms with van der Waals surface area (Å²) < 4.78 is 0. The number of carbonyl (C=O) groups excluding carboxylic acids is 1. The molecule has 0 heterocycles. The van der Waals surface area contributed by atoms with Crippen LogP contribution in [0.4, 0.5) is 0 Å². The number of hydrazone groups is 1. The van der Waals surface area contributed by atoms with Gasteiger partial charge in [0.2, 0.25) is 5.91 Å². The second kappa shape index (κ2) is 7.12. The fraction of sp³-hybridized carbons (Fsp3) is 0.385. The predicted octanol–water partition coefficient (Wildman–Crippen LogP) is 2.74. The zero-order valence-corrected chi connectivity index (χ0v) is 11.3. The summed E-state index contributed by atoms with van der Waals surface area (Å²) in [5, 5.41) is 3.87. The van der Waals surface area contributed by atoms with E-state index in [0.717, 1.165) is 11.5 Å². The van der Waals surface area contributed by atoms with Gasteiger partial charge in [-0.15, -0.1) is 11.8 Å². The molecule has 1 rings (SSSR count). The molecule has 0 aliphatic rings. The molecule has 0 spiro atoms. The molecule has 0 unspecified atom stereocenters. The monoisotopic (exact) mass is 250 g/mol. The molecule has 0 saturated heterocycles. The Bertz CT molecular complexity index is 412. The van der Waals surface area contributed by atoms with Gasteiger partial charge in [0.25, 0.3) is 0 Å². The molecule has 0 aromatic heterocycles. The Morgan fingerprint density at radius 2 is 2.06 bits per heavy atom. The van der Waals surface area contributed by atoms with Gasteiger partial charge in [0, 0.05) is 11.5 Å². The Balaban J connectivity index is 2.31. The van der Waals surface area contributed by atoms with E-state index < -0.39 is 0 Å². The largest absolute Gasteiger partial charge is 0.272 e. The highest BCUT2D eigenvalue weighted by Gasteiger charge is 2.02. The third-order valence-electron chi connectivity index (χ3n) is 2.16. The van der Waals surface area contributed by atoms with Crippen LogP contribution in [0.2, 0.25) is 0 Å². The third-order valence-corrected chi connectivity index (χ3v) is 3.14. The third kappa shape index (κ3) is 5.54. The summed E-state index contributed by atoms with van der Waals surface area (Å²) in [6, 6.07) is 8.22. The van der Waals surface area contributed by atoms with Crippen LogP contribution < -0.4 is 5.43 Å². The molecule has 0 radical (unpaired) electrons. The molecule has 0 fully saturated rings. The molecule has 17 heavy (non-hydrogen) atoms. The number of thioether (sulfide) groups is 1. The summed E-state index contributed by atoms with van der Waals surface area (Å²) in [6.07, 6.45) is 0. The summed E-state index contributed by atoms with van der Waals surface area (Å²) in [6.45, 7) is 5.78. The number of amides is 1. The molecule has 1 amide bonds. The van der Waals surface area contributed by atoms with E-state index in [9.17, 15) is 4.79 Å². The molecular weight excluding hydrogens is 232 g/mol. The van der Waals surface area contributed by atoms with Gasteiger partial charge in [-0.3, -0.25) is 4.79 Å². The highest BCUT2D eigenvalue weighted by molar-refractivity contribution is 7.99. The minimum absolute atomic E-state index is 0.0511. The second-order valence-corrected chi connectivity index (χ2v) is 5.00. The minimum Gasteiger partial charge on any atom is -0.272 e. The zero-order chi connectivity index (χ0) is 12.7. The van der Waals surface area contributed by atoms with E-state index in [1.54, 1.807) is 11.8 Å². The first-order chi connectivity index (χ1) is 8.09. The van der Waals surface area contributed by atoms with Crippen molar-refractivity contribution in [2.75, 3.05) is 5.75 Å². The lowest BCUT2D eigenvalue weighted by Gasteiger charge is -2.04. The molecule has 0 atom stereocenters. The van der Waals surface area contributed by atoms with E-state index in [0.29, 0.717) is 5.75 Å². The molecule has 0 aliphatic heterocycles. The lowest BCUT2D eigenvalue weighted by atomic mass is 10.1. The maximum absolute atomic E-state index is 11.4. The van der Waals surface area contributed by atoms with Crippen LogP contribution in [-0.2, 0) is 10.5 Å². The number of nitrogens with zero attached hydrogens (tertiary/aromatic N) is 1. The van der Waals surface area contributed by atoms with Crippen LogP contribution >= 0.6 is 11.8 Å². The quantitative estimate of drug-likeness (QED) is 0.645. The number of carbonyl (C=O) groups is 1. The van der Waals surface area contributed by atoms with Crippen LogP contribution in [0.3, 0.4) is 0 Å². The topological polar surface area (TPSA) is 41.5 Å². The summed E-state index contributed by atoms with van der Waals surface area (Å²) in [5.41, 5.74) is 5.91. The molecular formula is C13H18N2OS. The van der Waals surface area contributed by atoms with Crippen molar-refractivity contribution in [3.8, 4) is 0 Å². The molecule has 0 bridgehead atoms. The van der Waals surface area contributed by atoms with Crippen LogP contribution in [0.25, 0.3) is 0 Å². The minimum atomic E-state index is -0.0511. The number of hydrogen-bond donors (Lipinski definition) is 1. The predicted molar refractivity (Wildman–Crippen MR) is 74.3 cm³/mol. The van der Waals surface area contributed by atoms with Crippen LogP contribution in [0.1, 0.15) is 25.0 Å². The SMILES string of the molecule is CC(C)=NNC(=O)CSCc1ccccc1C. The normalized spacial score (nSPS) is 9.82. The van der Waals surface area contributed by atoms with Crippen LogP contribution in [-0.4, -0.2) is 17.4 Å². The Morgan fingerprint density at radius 1 is 1.35 bits per heavy atom. The van der Waals surface area contributed by atoms with Crippen LogP contribution in [0.15, 0.2) is 29.4 Å². The van der Waals surface area contributed by atoms with Gasteiger partial charge in [0.05, 0.1) is 5.75 Å². The van der Waals surface area contributed by atoms with E-state index in [2.05, 4.69) is 29.6 Å². The van der Waals surface area contributed by atoms with Crippen molar-refractivity contribution in [3.63, 3.8) is 0 Å². The molecule has 0 aliphatic carbocycles. The number of nitrogens with one attached hydrogen (secondary N) is 1. The molecule has 1 aromatic carbocycles. The van der Waals surface area contributed by atoms with Gasteiger partial charge in [-0.05, 0) is 31.9 Å². The van der Waals surface area contributed by atoms with Crippen molar-refractivity contribution in [2.45, 2.75) is 26.5 Å². The maximum Gasteiger partial charge on any atom is 0.250 e. The second-order valence-electron chi connectivity index (χ2n) is 4.01. The summed E-state index contributed by atoms with van der Waals surface area (Å²) in [4.78, 5) is 11.4. The molecule has 92 valence electrons. The number of benzene rings is 1. The molecule has 0 saturated carbocycles. The highest BCUT2D eigenvalue weighted by atomic mass is 32.2. The van der Waals surface area contributed by atoms with Gasteiger partial charge in [0.1, 0.15) is 0 Å². The average molecular weight is 250 g/mol. The molecule has 3 nitrogen and oxygen atoms in total. The van der Waals surface area contributed by atoms with Gasteiger partial charge in [0.15, 0.2) is 0 Å². The lowest BCUT2D eigenvalue weighted by Crippen LogP contribution is -2.20. The van der Waals surface area contributed by atoms with Gasteiger partial charge >= 0.3 is 0 Å². The number of rotatable bonds is 5. The van der Waals surface area contributed by atoms with E-state index in [4.69, 9.17) is 0 Å². The van der Waals surface area contributed by atoms with Gasteiger partial charge in [-0.2, -0.15) is 5.10 Å². The van der Waals surface area contributed by atoms with Gasteiger partial charge in [-0.1, -0.05) is 24.3 Å². The summed E-state index contributed by atoms with van der Waals surface area (Å²) in [5.74, 6) is 1.24. The van der Waals surface area contributed by atoms with Crippen LogP contribution in [0, 0.1) is 6.92 Å². The molecule has 4 heteroatoms. The number of aryl methyl sites for hydroxylation is 1. The maximum atomic E-state index is 11.4.